The normalized spacial score (nSPS) is 15.7. The number of hydrogen-bond donors (Lipinski definition) is 2. The molecular weight excluding hydrogens is 460 g/mol. The molecule has 2 N–H and O–H groups in total. The summed E-state index contributed by atoms with van der Waals surface area (Å²) in [7, 11) is 0. The lowest BCUT2D eigenvalue weighted by molar-refractivity contribution is -0.0417. The predicted molar refractivity (Wildman–Crippen MR) is 136 cm³/mol. The maximum Gasteiger partial charge on any atom is 0.179 e. The molecule has 1 unspecified atom stereocenters. The number of nitrogens with zero attached hydrogens (tertiary/aromatic N) is 1. The van der Waals surface area contributed by atoms with Crippen molar-refractivity contribution < 1.29 is 23.7 Å². The van der Waals surface area contributed by atoms with Crippen molar-refractivity contribution in [2.75, 3.05) is 0 Å². The number of aliphatic hydroxyl groups is 2. The van der Waals surface area contributed by atoms with Gasteiger partial charge in [-0.15, -0.1) is 0 Å². The summed E-state index contributed by atoms with van der Waals surface area (Å²) in [6, 6.07) is 21.1. The van der Waals surface area contributed by atoms with Gasteiger partial charge in [0, 0.05) is 22.9 Å². The minimum absolute atomic E-state index is 0.211. The number of ether oxygens (including phenoxy) is 1. The molecule has 0 saturated carbocycles. The number of hydrogen-bond acceptors (Lipinski definition) is 4. The van der Waals surface area contributed by atoms with Gasteiger partial charge in [-0.1, -0.05) is 54.6 Å². The van der Waals surface area contributed by atoms with Gasteiger partial charge in [0.05, 0.1) is 11.2 Å². The first-order valence-electron chi connectivity index (χ1n) is 11.7. The van der Waals surface area contributed by atoms with Crippen LogP contribution in [0.5, 0.6) is 0 Å². The number of pyridine rings is 1. The smallest absolute Gasteiger partial charge is 0.179 e. The van der Waals surface area contributed by atoms with E-state index in [0.717, 1.165) is 16.7 Å². The molecule has 182 valence electrons. The molecule has 1 aliphatic carbocycles. The van der Waals surface area contributed by atoms with Gasteiger partial charge in [0.1, 0.15) is 24.4 Å². The topological polar surface area (TPSA) is 62.6 Å². The summed E-state index contributed by atoms with van der Waals surface area (Å²) < 4.78 is 34.5. The standard InChI is InChI=1S/C30H25F2NO3/c1-18-28(30(34)35)25-15-22(31)11-14-27(25)33-29(18)21-9-7-20(8-10-21)24-16-23(12-13-26(24)32)36-17-19-5-3-2-4-6-19/h2-12,14-16,26,30,34-35H,13,17H2,1H3. The molecule has 4 aromatic rings. The van der Waals surface area contributed by atoms with Crippen LogP contribution in [0.15, 0.2) is 90.7 Å². The quantitative estimate of drug-likeness (QED) is 0.304. The van der Waals surface area contributed by atoms with Crippen molar-refractivity contribution >= 4 is 16.5 Å². The number of fused-ring (bicyclic) bond motifs is 1. The number of halogens is 2. The predicted octanol–water partition coefficient (Wildman–Crippen LogP) is 6.56. The van der Waals surface area contributed by atoms with Gasteiger partial charge < -0.3 is 14.9 Å². The van der Waals surface area contributed by atoms with E-state index in [0.29, 0.717) is 40.1 Å². The van der Waals surface area contributed by atoms with Gasteiger partial charge >= 0.3 is 0 Å². The van der Waals surface area contributed by atoms with E-state index in [1.807, 2.05) is 54.6 Å². The second kappa shape index (κ2) is 10.0. The average molecular weight is 486 g/mol. The zero-order chi connectivity index (χ0) is 25.2. The Morgan fingerprint density at radius 2 is 1.72 bits per heavy atom. The zero-order valence-electron chi connectivity index (χ0n) is 19.7. The third-order valence-electron chi connectivity index (χ3n) is 6.40. The van der Waals surface area contributed by atoms with Crippen molar-refractivity contribution in [3.63, 3.8) is 0 Å². The Morgan fingerprint density at radius 1 is 1.00 bits per heavy atom. The molecule has 0 spiro atoms. The van der Waals surface area contributed by atoms with Crippen LogP contribution in [0.4, 0.5) is 8.78 Å². The molecule has 0 aliphatic heterocycles. The van der Waals surface area contributed by atoms with Crippen LogP contribution in [0.1, 0.15) is 35.0 Å². The highest BCUT2D eigenvalue weighted by Gasteiger charge is 2.21. The van der Waals surface area contributed by atoms with Gasteiger partial charge in [0.25, 0.3) is 0 Å². The Bertz CT molecular complexity index is 1460. The number of benzene rings is 3. The van der Waals surface area contributed by atoms with Crippen molar-refractivity contribution in [3.05, 3.63) is 119 Å². The van der Waals surface area contributed by atoms with Crippen LogP contribution in [-0.4, -0.2) is 21.4 Å². The number of rotatable bonds is 6. The molecule has 0 amide bonds. The van der Waals surface area contributed by atoms with Gasteiger partial charge in [-0.2, -0.15) is 0 Å². The first-order valence-corrected chi connectivity index (χ1v) is 11.7. The molecule has 0 bridgehead atoms. The molecule has 3 aromatic carbocycles. The molecule has 4 nitrogen and oxygen atoms in total. The Labute approximate surface area is 207 Å². The number of allylic oxidation sites excluding steroid dienone is 3. The number of aromatic nitrogens is 1. The second-order valence-electron chi connectivity index (χ2n) is 8.80. The largest absolute Gasteiger partial charge is 0.489 e. The van der Waals surface area contributed by atoms with Crippen LogP contribution in [0.3, 0.4) is 0 Å². The zero-order valence-corrected chi connectivity index (χ0v) is 19.7. The lowest BCUT2D eigenvalue weighted by Gasteiger charge is -2.19. The van der Waals surface area contributed by atoms with Crippen LogP contribution >= 0.6 is 0 Å². The first kappa shape index (κ1) is 23.9. The maximum absolute atomic E-state index is 14.8. The Kier molecular flexibility index (Phi) is 6.63. The van der Waals surface area contributed by atoms with E-state index in [1.54, 1.807) is 19.1 Å². The summed E-state index contributed by atoms with van der Waals surface area (Å²) in [5, 5.41) is 20.3. The molecule has 0 radical (unpaired) electrons. The second-order valence-corrected chi connectivity index (χ2v) is 8.80. The third kappa shape index (κ3) is 4.78. The van der Waals surface area contributed by atoms with E-state index in [2.05, 4.69) is 4.98 Å². The van der Waals surface area contributed by atoms with Crippen LogP contribution in [0, 0.1) is 12.7 Å². The fraction of sp³-hybridized carbons (Fsp3) is 0.167. The molecule has 0 fully saturated rings. The molecule has 6 heteroatoms. The average Bonchev–Trinajstić information content (AvgIpc) is 2.88. The van der Waals surface area contributed by atoms with Crippen molar-refractivity contribution in [3.8, 4) is 11.3 Å². The molecule has 0 saturated heterocycles. The maximum atomic E-state index is 14.8. The van der Waals surface area contributed by atoms with Crippen molar-refractivity contribution in [2.24, 2.45) is 0 Å². The summed E-state index contributed by atoms with van der Waals surface area (Å²) in [4.78, 5) is 4.64. The Hall–Kier alpha value is -3.87. The third-order valence-corrected chi connectivity index (χ3v) is 6.40. The lowest BCUT2D eigenvalue weighted by atomic mass is 9.92. The summed E-state index contributed by atoms with van der Waals surface area (Å²) in [5.41, 5.74) is 4.78. The molecule has 1 aliphatic rings. The van der Waals surface area contributed by atoms with E-state index < -0.39 is 18.3 Å². The molecule has 1 aromatic heterocycles. The summed E-state index contributed by atoms with van der Waals surface area (Å²) >= 11 is 0. The summed E-state index contributed by atoms with van der Waals surface area (Å²) in [5.74, 6) is 0.151. The number of alkyl halides is 1. The highest BCUT2D eigenvalue weighted by molar-refractivity contribution is 5.88. The van der Waals surface area contributed by atoms with E-state index in [-0.39, 0.29) is 12.0 Å². The van der Waals surface area contributed by atoms with Crippen LogP contribution < -0.4 is 0 Å². The van der Waals surface area contributed by atoms with Crippen LogP contribution in [0.25, 0.3) is 27.7 Å². The van der Waals surface area contributed by atoms with E-state index >= 15 is 0 Å². The lowest BCUT2D eigenvalue weighted by Crippen LogP contribution is -2.09. The molecule has 1 atom stereocenters. The van der Waals surface area contributed by atoms with Crippen molar-refractivity contribution in [2.45, 2.75) is 32.4 Å². The Morgan fingerprint density at radius 3 is 2.44 bits per heavy atom. The Balaban J connectivity index is 1.44. The van der Waals surface area contributed by atoms with Gasteiger partial charge in [-0.25, -0.2) is 13.8 Å². The van der Waals surface area contributed by atoms with Gasteiger partial charge in [-0.05, 0) is 59.5 Å². The van der Waals surface area contributed by atoms with E-state index in [9.17, 15) is 19.0 Å². The van der Waals surface area contributed by atoms with Gasteiger partial charge in [0.2, 0.25) is 0 Å². The molecular formula is C30H25F2NO3. The highest BCUT2D eigenvalue weighted by atomic mass is 19.1. The van der Waals surface area contributed by atoms with Gasteiger partial charge in [0.15, 0.2) is 6.29 Å². The SMILES string of the molecule is Cc1c(-c2ccc(C3=CC(OCc4ccccc4)=CCC3F)cc2)nc2ccc(F)cc2c1C(O)O. The fourth-order valence-electron chi connectivity index (χ4n) is 4.54. The van der Waals surface area contributed by atoms with Crippen molar-refractivity contribution in [1.82, 2.24) is 4.98 Å². The van der Waals surface area contributed by atoms with E-state index in [1.165, 1.54) is 18.2 Å². The summed E-state index contributed by atoms with van der Waals surface area (Å²) in [6.45, 7) is 2.12. The van der Waals surface area contributed by atoms with Crippen LogP contribution in [0.2, 0.25) is 0 Å². The molecule has 1 heterocycles. The van der Waals surface area contributed by atoms with Crippen LogP contribution in [-0.2, 0) is 11.3 Å². The highest BCUT2D eigenvalue weighted by Crippen LogP contribution is 2.35. The molecule has 5 rings (SSSR count). The molecule has 36 heavy (non-hydrogen) atoms. The monoisotopic (exact) mass is 485 g/mol. The fourth-order valence-corrected chi connectivity index (χ4v) is 4.54. The van der Waals surface area contributed by atoms with E-state index in [4.69, 9.17) is 4.74 Å². The minimum Gasteiger partial charge on any atom is -0.489 e. The summed E-state index contributed by atoms with van der Waals surface area (Å²) in [6.07, 6.45) is 0.804. The minimum atomic E-state index is -1.78. The first-order chi connectivity index (χ1) is 17.4. The van der Waals surface area contributed by atoms with Gasteiger partial charge in [-0.3, -0.25) is 0 Å². The van der Waals surface area contributed by atoms with Crippen molar-refractivity contribution in [1.29, 1.82) is 0 Å². The number of aliphatic hydroxyl groups excluding tert-OH is 1.